The van der Waals surface area contributed by atoms with Gasteiger partial charge in [0.05, 0.1) is 12.2 Å². The maximum Gasteiger partial charge on any atom is 0.252 e. The van der Waals surface area contributed by atoms with Gasteiger partial charge in [0.25, 0.3) is 5.91 Å². The predicted molar refractivity (Wildman–Crippen MR) is 85.1 cm³/mol. The van der Waals surface area contributed by atoms with Crippen LogP contribution in [0.5, 0.6) is 0 Å². The van der Waals surface area contributed by atoms with E-state index in [1.807, 2.05) is 39.2 Å². The maximum absolute atomic E-state index is 12.3. The number of carbonyl (C=O) groups is 1. The van der Waals surface area contributed by atoms with E-state index in [1.165, 1.54) is 0 Å². The molecule has 0 saturated heterocycles. The smallest absolute Gasteiger partial charge is 0.252 e. The van der Waals surface area contributed by atoms with Gasteiger partial charge in [-0.15, -0.1) is 0 Å². The molecule has 2 N–H and O–H groups in total. The quantitative estimate of drug-likeness (QED) is 0.780. The van der Waals surface area contributed by atoms with Crippen molar-refractivity contribution in [3.05, 3.63) is 35.4 Å². The molecule has 0 aliphatic heterocycles. The molecule has 1 atom stereocenters. The number of aliphatic hydroxyl groups is 1. The van der Waals surface area contributed by atoms with E-state index in [0.29, 0.717) is 17.5 Å². The van der Waals surface area contributed by atoms with Crippen molar-refractivity contribution in [2.24, 2.45) is 0 Å². The zero-order valence-electron chi connectivity index (χ0n) is 13.0. The van der Waals surface area contributed by atoms with Gasteiger partial charge < -0.3 is 15.3 Å². The Morgan fingerprint density at radius 3 is 2.76 bits per heavy atom. The summed E-state index contributed by atoms with van der Waals surface area (Å²) in [7, 11) is 4.03. The van der Waals surface area contributed by atoms with Gasteiger partial charge in [-0.25, -0.2) is 0 Å². The third kappa shape index (κ3) is 6.44. The van der Waals surface area contributed by atoms with Crippen molar-refractivity contribution < 1.29 is 9.90 Å². The van der Waals surface area contributed by atoms with Crippen LogP contribution in [0.3, 0.4) is 0 Å². The zero-order chi connectivity index (χ0) is 15.7. The van der Waals surface area contributed by atoms with Crippen LogP contribution in [-0.4, -0.2) is 49.2 Å². The Bertz CT molecular complexity index is 515. The van der Waals surface area contributed by atoms with Crippen molar-refractivity contribution >= 4 is 5.91 Å². The minimum Gasteiger partial charge on any atom is -0.395 e. The highest BCUT2D eigenvalue weighted by atomic mass is 16.2. The fourth-order valence-electron chi connectivity index (χ4n) is 1.83. The predicted octanol–water partition coefficient (Wildman–Crippen LogP) is 1.49. The summed E-state index contributed by atoms with van der Waals surface area (Å²) in [5.41, 5.74) is 1.28. The number of hydrogen-bond acceptors (Lipinski definition) is 3. The van der Waals surface area contributed by atoms with Crippen LogP contribution < -0.4 is 5.32 Å². The van der Waals surface area contributed by atoms with Gasteiger partial charge in [-0.3, -0.25) is 4.79 Å². The molecule has 0 aromatic heterocycles. The van der Waals surface area contributed by atoms with E-state index in [9.17, 15) is 4.79 Å². The van der Waals surface area contributed by atoms with Crippen molar-refractivity contribution in [1.29, 1.82) is 0 Å². The van der Waals surface area contributed by atoms with E-state index in [0.717, 1.165) is 13.0 Å². The summed E-state index contributed by atoms with van der Waals surface area (Å²) in [6, 6.07) is 7.39. The van der Waals surface area contributed by atoms with Crippen molar-refractivity contribution in [3.8, 4) is 11.8 Å². The van der Waals surface area contributed by atoms with Crippen molar-refractivity contribution in [3.63, 3.8) is 0 Å². The number of amides is 1. The van der Waals surface area contributed by atoms with Crippen LogP contribution in [0.25, 0.3) is 0 Å². The van der Waals surface area contributed by atoms with Gasteiger partial charge in [0.2, 0.25) is 0 Å². The second-order valence-corrected chi connectivity index (χ2v) is 5.29. The van der Waals surface area contributed by atoms with Crippen LogP contribution in [0.4, 0.5) is 0 Å². The summed E-state index contributed by atoms with van der Waals surface area (Å²) in [6.07, 6.45) is 1.31. The summed E-state index contributed by atoms with van der Waals surface area (Å²) in [6.45, 7) is 2.96. The number of nitrogens with one attached hydrogen (secondary N) is 1. The standard InChI is InChI=1S/C17H24N2O2/c1-14(11-12-19(2)3)18-17(21)16-10-5-4-8-15(16)9-6-7-13-20/h4-5,8,10,14,20H,7,11-13H2,1-3H3,(H,18,21). The third-order valence-electron chi connectivity index (χ3n) is 3.02. The number of rotatable bonds is 6. The molecule has 1 amide bonds. The molecule has 0 radical (unpaired) electrons. The minimum absolute atomic E-state index is 0.0307. The van der Waals surface area contributed by atoms with E-state index < -0.39 is 0 Å². The lowest BCUT2D eigenvalue weighted by atomic mass is 10.1. The number of aliphatic hydroxyl groups excluding tert-OH is 1. The summed E-state index contributed by atoms with van der Waals surface area (Å²) in [4.78, 5) is 14.4. The SMILES string of the molecule is CC(CCN(C)C)NC(=O)c1ccccc1C#CCCO. The molecule has 1 rings (SSSR count). The van der Waals surface area contributed by atoms with Crippen molar-refractivity contribution in [2.75, 3.05) is 27.2 Å². The molecule has 0 aliphatic rings. The lowest BCUT2D eigenvalue weighted by molar-refractivity contribution is 0.0936. The van der Waals surface area contributed by atoms with Gasteiger partial charge in [-0.1, -0.05) is 24.0 Å². The van der Waals surface area contributed by atoms with Crippen LogP contribution in [-0.2, 0) is 0 Å². The van der Waals surface area contributed by atoms with Gasteiger partial charge in [-0.05, 0) is 46.1 Å². The molecule has 1 unspecified atom stereocenters. The molecule has 0 heterocycles. The van der Waals surface area contributed by atoms with Crippen molar-refractivity contribution in [1.82, 2.24) is 10.2 Å². The first kappa shape index (κ1) is 17.2. The second kappa shape index (κ2) is 9.17. The lowest BCUT2D eigenvalue weighted by Gasteiger charge is -2.17. The molecule has 0 saturated carbocycles. The Hall–Kier alpha value is -1.83. The highest BCUT2D eigenvalue weighted by Crippen LogP contribution is 2.08. The van der Waals surface area contributed by atoms with Gasteiger partial charge in [0.15, 0.2) is 0 Å². The molecule has 0 bridgehead atoms. The van der Waals surface area contributed by atoms with E-state index in [2.05, 4.69) is 22.1 Å². The van der Waals surface area contributed by atoms with Gasteiger partial charge >= 0.3 is 0 Å². The largest absolute Gasteiger partial charge is 0.395 e. The number of carbonyl (C=O) groups excluding carboxylic acids is 1. The Labute approximate surface area is 127 Å². The first-order chi connectivity index (χ1) is 10.0. The van der Waals surface area contributed by atoms with Crippen LogP contribution in [0.2, 0.25) is 0 Å². The van der Waals surface area contributed by atoms with E-state index in [-0.39, 0.29) is 18.6 Å². The minimum atomic E-state index is -0.102. The van der Waals surface area contributed by atoms with E-state index in [4.69, 9.17) is 5.11 Å². The average molecular weight is 288 g/mol. The molecule has 1 aromatic carbocycles. The molecule has 114 valence electrons. The molecular weight excluding hydrogens is 264 g/mol. The fraction of sp³-hybridized carbons (Fsp3) is 0.471. The van der Waals surface area contributed by atoms with Crippen LogP contribution in [0.1, 0.15) is 35.7 Å². The van der Waals surface area contributed by atoms with Crippen LogP contribution in [0, 0.1) is 11.8 Å². The fourth-order valence-corrected chi connectivity index (χ4v) is 1.83. The highest BCUT2D eigenvalue weighted by molar-refractivity contribution is 5.96. The summed E-state index contributed by atoms with van der Waals surface area (Å²) >= 11 is 0. The highest BCUT2D eigenvalue weighted by Gasteiger charge is 2.12. The maximum atomic E-state index is 12.3. The van der Waals surface area contributed by atoms with E-state index >= 15 is 0 Å². The normalized spacial score (nSPS) is 11.7. The Balaban J connectivity index is 2.72. The van der Waals surface area contributed by atoms with Gasteiger partial charge in [-0.2, -0.15) is 0 Å². The molecule has 21 heavy (non-hydrogen) atoms. The summed E-state index contributed by atoms with van der Waals surface area (Å²) in [5, 5.41) is 11.8. The van der Waals surface area contributed by atoms with E-state index in [1.54, 1.807) is 6.07 Å². The number of benzene rings is 1. The first-order valence-corrected chi connectivity index (χ1v) is 7.19. The number of hydrogen-bond donors (Lipinski definition) is 2. The molecule has 1 aromatic rings. The lowest BCUT2D eigenvalue weighted by Crippen LogP contribution is -2.35. The Morgan fingerprint density at radius 2 is 2.10 bits per heavy atom. The Morgan fingerprint density at radius 1 is 1.38 bits per heavy atom. The average Bonchev–Trinajstić information content (AvgIpc) is 2.46. The molecular formula is C17H24N2O2. The molecule has 0 spiro atoms. The van der Waals surface area contributed by atoms with Gasteiger partial charge in [0, 0.05) is 18.0 Å². The second-order valence-electron chi connectivity index (χ2n) is 5.29. The molecule has 4 nitrogen and oxygen atoms in total. The summed E-state index contributed by atoms with van der Waals surface area (Å²) < 4.78 is 0. The third-order valence-corrected chi connectivity index (χ3v) is 3.02. The van der Waals surface area contributed by atoms with Crippen LogP contribution >= 0.6 is 0 Å². The van der Waals surface area contributed by atoms with Gasteiger partial charge in [0.1, 0.15) is 0 Å². The van der Waals surface area contributed by atoms with Crippen LogP contribution in [0.15, 0.2) is 24.3 Å². The molecule has 4 heteroatoms. The first-order valence-electron chi connectivity index (χ1n) is 7.19. The number of nitrogens with zero attached hydrogens (tertiary/aromatic N) is 1. The monoisotopic (exact) mass is 288 g/mol. The molecule has 0 aliphatic carbocycles. The zero-order valence-corrected chi connectivity index (χ0v) is 13.0. The van der Waals surface area contributed by atoms with Crippen molar-refractivity contribution in [2.45, 2.75) is 25.8 Å². The topological polar surface area (TPSA) is 52.6 Å². The Kier molecular flexibility index (Phi) is 7.52. The molecule has 0 fully saturated rings. The summed E-state index contributed by atoms with van der Waals surface area (Å²) in [5.74, 6) is 5.69.